The number of hydrogen-bond donors (Lipinski definition) is 0. The lowest BCUT2D eigenvalue weighted by molar-refractivity contribution is 0.553. The zero-order valence-electron chi connectivity index (χ0n) is 9.16. The highest BCUT2D eigenvalue weighted by molar-refractivity contribution is 5.59. The number of hydrogen-bond acceptors (Lipinski definition) is 0. The van der Waals surface area contributed by atoms with Crippen LogP contribution >= 0.6 is 0 Å². The maximum absolute atomic E-state index is 3.93. The number of allylic oxidation sites excluding steroid dienone is 2. The third-order valence-corrected chi connectivity index (χ3v) is 3.80. The first-order valence-electron chi connectivity index (χ1n) is 5.72. The van der Waals surface area contributed by atoms with E-state index in [1.54, 1.807) is 11.1 Å². The summed E-state index contributed by atoms with van der Waals surface area (Å²) in [6.07, 6.45) is 9.25. The molecule has 1 aromatic rings. The van der Waals surface area contributed by atoms with Crippen molar-refractivity contribution < 1.29 is 0 Å². The molecule has 0 nitrogen and oxygen atoms in total. The van der Waals surface area contributed by atoms with Gasteiger partial charge in [-0.1, -0.05) is 42.5 Å². The van der Waals surface area contributed by atoms with E-state index in [-0.39, 0.29) is 0 Å². The molecule has 2 aliphatic carbocycles. The molecule has 76 valence electrons. The van der Waals surface area contributed by atoms with E-state index in [2.05, 4.69) is 37.8 Å². The van der Waals surface area contributed by atoms with Gasteiger partial charge in [0.15, 0.2) is 0 Å². The maximum Gasteiger partial charge on any atom is 0.00554 e. The highest BCUT2D eigenvalue weighted by Gasteiger charge is 2.33. The van der Waals surface area contributed by atoms with Crippen LogP contribution in [0.5, 0.6) is 0 Å². The number of benzene rings is 1. The van der Waals surface area contributed by atoms with Gasteiger partial charge in [0.05, 0.1) is 0 Å². The summed E-state index contributed by atoms with van der Waals surface area (Å²) in [5.74, 6) is 1.53. The van der Waals surface area contributed by atoms with Gasteiger partial charge in [0.25, 0.3) is 0 Å². The van der Waals surface area contributed by atoms with Crippen molar-refractivity contribution in [3.63, 3.8) is 0 Å². The van der Waals surface area contributed by atoms with Crippen LogP contribution in [-0.2, 0) is 6.42 Å². The lowest BCUT2D eigenvalue weighted by Crippen LogP contribution is -1.98. The molecule has 0 aromatic heterocycles. The first-order valence-corrected chi connectivity index (χ1v) is 5.72. The van der Waals surface area contributed by atoms with Gasteiger partial charge in [0.2, 0.25) is 0 Å². The Bertz CT molecular complexity index is 451. The third kappa shape index (κ3) is 1.21. The van der Waals surface area contributed by atoms with E-state index < -0.39 is 0 Å². The standard InChI is InChI=1S/C15H16/c1-3-11-7-10(2)8-15-13-6-4-5-12(13)9-14(11)15/h3-4,6-8,12-13H,1,5,9H2,2H3. The Morgan fingerprint density at radius 3 is 3.07 bits per heavy atom. The average molecular weight is 196 g/mol. The molecule has 2 atom stereocenters. The van der Waals surface area contributed by atoms with Crippen LogP contribution in [0.15, 0.2) is 30.9 Å². The summed E-state index contributed by atoms with van der Waals surface area (Å²) in [6.45, 7) is 6.11. The van der Waals surface area contributed by atoms with Gasteiger partial charge in [-0.25, -0.2) is 0 Å². The molecular formula is C15H16. The molecule has 0 N–H and O–H groups in total. The molecule has 0 amide bonds. The van der Waals surface area contributed by atoms with Crippen molar-refractivity contribution in [1.82, 2.24) is 0 Å². The molecule has 2 unspecified atom stereocenters. The smallest absolute Gasteiger partial charge is 0.00554 e. The lowest BCUT2D eigenvalue weighted by atomic mass is 9.95. The molecule has 0 spiro atoms. The molecule has 0 aliphatic heterocycles. The molecule has 0 heterocycles. The molecule has 15 heavy (non-hydrogen) atoms. The van der Waals surface area contributed by atoms with Crippen LogP contribution < -0.4 is 0 Å². The predicted octanol–water partition coefficient (Wildman–Crippen LogP) is 3.85. The van der Waals surface area contributed by atoms with Crippen LogP contribution in [0.2, 0.25) is 0 Å². The zero-order chi connectivity index (χ0) is 10.4. The van der Waals surface area contributed by atoms with Crippen molar-refractivity contribution in [3.8, 4) is 0 Å². The lowest BCUT2D eigenvalue weighted by Gasteiger charge is -2.09. The van der Waals surface area contributed by atoms with Gasteiger partial charge in [0, 0.05) is 5.92 Å². The Balaban J connectivity index is 2.20. The van der Waals surface area contributed by atoms with Crippen molar-refractivity contribution in [2.45, 2.75) is 25.7 Å². The molecular weight excluding hydrogens is 180 g/mol. The van der Waals surface area contributed by atoms with E-state index in [1.165, 1.54) is 24.0 Å². The van der Waals surface area contributed by atoms with Crippen molar-refractivity contribution >= 4 is 6.08 Å². The Morgan fingerprint density at radius 1 is 1.40 bits per heavy atom. The summed E-state index contributed by atoms with van der Waals surface area (Å²) < 4.78 is 0. The normalized spacial score (nSPS) is 26.5. The van der Waals surface area contributed by atoms with Crippen LogP contribution in [0.3, 0.4) is 0 Å². The van der Waals surface area contributed by atoms with Gasteiger partial charge in [-0.3, -0.25) is 0 Å². The molecule has 0 saturated heterocycles. The highest BCUT2D eigenvalue weighted by atomic mass is 14.4. The predicted molar refractivity (Wildman–Crippen MR) is 65.0 cm³/mol. The van der Waals surface area contributed by atoms with E-state index in [0.29, 0.717) is 5.92 Å². The van der Waals surface area contributed by atoms with Crippen molar-refractivity contribution in [2.24, 2.45) is 5.92 Å². The van der Waals surface area contributed by atoms with E-state index in [9.17, 15) is 0 Å². The summed E-state index contributed by atoms with van der Waals surface area (Å²) in [5, 5.41) is 0. The Labute approximate surface area is 91.3 Å². The molecule has 0 saturated carbocycles. The topological polar surface area (TPSA) is 0 Å². The second-order valence-corrected chi connectivity index (χ2v) is 4.78. The highest BCUT2D eigenvalue weighted by Crippen LogP contribution is 2.46. The first-order chi connectivity index (χ1) is 7.29. The van der Waals surface area contributed by atoms with Gasteiger partial charge >= 0.3 is 0 Å². The summed E-state index contributed by atoms with van der Waals surface area (Å²) in [4.78, 5) is 0. The van der Waals surface area contributed by atoms with Crippen molar-refractivity contribution in [1.29, 1.82) is 0 Å². The SMILES string of the molecule is C=Cc1cc(C)cc2c1CC1CC=CC21. The minimum absolute atomic E-state index is 0.693. The quantitative estimate of drug-likeness (QED) is 0.598. The zero-order valence-corrected chi connectivity index (χ0v) is 9.16. The molecule has 0 radical (unpaired) electrons. The van der Waals surface area contributed by atoms with Crippen molar-refractivity contribution in [2.75, 3.05) is 0 Å². The number of aryl methyl sites for hydroxylation is 1. The fraction of sp³-hybridized carbons (Fsp3) is 0.333. The second-order valence-electron chi connectivity index (χ2n) is 4.78. The average Bonchev–Trinajstić information content (AvgIpc) is 2.77. The Hall–Kier alpha value is -1.30. The number of fused-ring (bicyclic) bond motifs is 3. The van der Waals surface area contributed by atoms with Gasteiger partial charge in [0.1, 0.15) is 0 Å². The molecule has 2 aliphatic rings. The minimum atomic E-state index is 0.693. The van der Waals surface area contributed by atoms with E-state index in [1.807, 2.05) is 6.08 Å². The van der Waals surface area contributed by atoms with Crippen LogP contribution in [0, 0.1) is 12.8 Å². The van der Waals surface area contributed by atoms with Gasteiger partial charge < -0.3 is 0 Å². The van der Waals surface area contributed by atoms with E-state index >= 15 is 0 Å². The first kappa shape index (κ1) is 8.96. The summed E-state index contributed by atoms with van der Waals surface area (Å²) in [6, 6.07) is 4.62. The van der Waals surface area contributed by atoms with Gasteiger partial charge in [-0.05, 0) is 42.4 Å². The summed E-state index contributed by atoms with van der Waals surface area (Å²) in [7, 11) is 0. The van der Waals surface area contributed by atoms with Gasteiger partial charge in [-0.2, -0.15) is 0 Å². The third-order valence-electron chi connectivity index (χ3n) is 3.80. The summed E-state index contributed by atoms with van der Waals surface area (Å²) in [5.41, 5.74) is 5.83. The Morgan fingerprint density at radius 2 is 2.27 bits per heavy atom. The fourth-order valence-corrected chi connectivity index (χ4v) is 3.12. The monoisotopic (exact) mass is 196 g/mol. The molecule has 0 heteroatoms. The van der Waals surface area contributed by atoms with Crippen LogP contribution in [0.1, 0.15) is 34.6 Å². The summed E-state index contributed by atoms with van der Waals surface area (Å²) >= 11 is 0. The van der Waals surface area contributed by atoms with E-state index in [0.717, 1.165) is 5.92 Å². The van der Waals surface area contributed by atoms with Crippen LogP contribution in [0.4, 0.5) is 0 Å². The maximum atomic E-state index is 3.93. The molecule has 3 rings (SSSR count). The van der Waals surface area contributed by atoms with E-state index in [4.69, 9.17) is 0 Å². The second kappa shape index (κ2) is 3.10. The molecule has 0 fully saturated rings. The van der Waals surface area contributed by atoms with Crippen LogP contribution in [0.25, 0.3) is 6.08 Å². The Kier molecular flexibility index (Phi) is 1.85. The molecule has 1 aromatic carbocycles. The minimum Gasteiger partial charge on any atom is -0.0985 e. The number of rotatable bonds is 1. The molecule has 0 bridgehead atoms. The van der Waals surface area contributed by atoms with Crippen molar-refractivity contribution in [3.05, 3.63) is 53.1 Å². The van der Waals surface area contributed by atoms with Gasteiger partial charge in [-0.15, -0.1) is 0 Å². The van der Waals surface area contributed by atoms with Crippen LogP contribution in [-0.4, -0.2) is 0 Å². The largest absolute Gasteiger partial charge is 0.0985 e. The fourth-order valence-electron chi connectivity index (χ4n) is 3.12.